The fourth-order valence-corrected chi connectivity index (χ4v) is 3.78. The zero-order chi connectivity index (χ0) is 18.5. The van der Waals surface area contributed by atoms with Crippen LogP contribution >= 0.6 is 23.1 Å². The molecule has 0 unspecified atom stereocenters. The molecule has 7 nitrogen and oxygen atoms in total. The van der Waals surface area contributed by atoms with Crippen molar-refractivity contribution >= 4 is 45.6 Å². The van der Waals surface area contributed by atoms with Crippen LogP contribution in [0.4, 0.5) is 5.69 Å². The minimum Gasteiger partial charge on any atom is -0.355 e. The van der Waals surface area contributed by atoms with Gasteiger partial charge in [-0.1, -0.05) is 12.1 Å². The molecular weight excluding hydrogens is 372 g/mol. The van der Waals surface area contributed by atoms with E-state index in [0.29, 0.717) is 27.7 Å². The second kappa shape index (κ2) is 8.15. The lowest BCUT2D eigenvalue weighted by Gasteiger charge is -2.09. The zero-order valence-electron chi connectivity index (χ0n) is 13.9. The number of para-hydroxylation sites is 1. The first-order chi connectivity index (χ1) is 12.6. The van der Waals surface area contributed by atoms with Gasteiger partial charge in [-0.25, -0.2) is 4.98 Å². The van der Waals surface area contributed by atoms with Gasteiger partial charge in [0.1, 0.15) is 0 Å². The highest BCUT2D eigenvalue weighted by atomic mass is 32.2. The van der Waals surface area contributed by atoms with Gasteiger partial charge in [-0.2, -0.15) is 0 Å². The maximum absolute atomic E-state index is 12.2. The van der Waals surface area contributed by atoms with E-state index in [1.165, 1.54) is 40.6 Å². The molecule has 2 heterocycles. The number of nitrogens with one attached hydrogen (secondary N) is 2. The van der Waals surface area contributed by atoms with E-state index in [9.17, 15) is 14.4 Å². The Morgan fingerprint density at radius 2 is 2.12 bits per heavy atom. The molecule has 0 spiro atoms. The zero-order valence-corrected chi connectivity index (χ0v) is 15.5. The first-order valence-electron chi connectivity index (χ1n) is 7.73. The summed E-state index contributed by atoms with van der Waals surface area (Å²) >= 11 is 2.74. The van der Waals surface area contributed by atoms with Crippen molar-refractivity contribution in [3.8, 4) is 0 Å². The summed E-state index contributed by atoms with van der Waals surface area (Å²) in [6, 6.07) is 8.30. The van der Waals surface area contributed by atoms with E-state index in [1.54, 1.807) is 35.8 Å². The third kappa shape index (κ3) is 4.12. The summed E-state index contributed by atoms with van der Waals surface area (Å²) in [7, 11) is 1.54. The molecule has 1 aromatic carbocycles. The molecule has 2 aromatic heterocycles. The number of rotatable bonds is 6. The quantitative estimate of drug-likeness (QED) is 0.674. The van der Waals surface area contributed by atoms with Gasteiger partial charge in [0, 0.05) is 30.4 Å². The summed E-state index contributed by atoms with van der Waals surface area (Å²) in [6.07, 6.45) is 1.68. The monoisotopic (exact) mass is 388 g/mol. The largest absolute Gasteiger partial charge is 0.355 e. The first kappa shape index (κ1) is 18.2. The molecule has 134 valence electrons. The van der Waals surface area contributed by atoms with Crippen LogP contribution in [0.25, 0.3) is 4.96 Å². The highest BCUT2D eigenvalue weighted by Crippen LogP contribution is 2.17. The molecular formula is C17H16N4O3S2. The van der Waals surface area contributed by atoms with Gasteiger partial charge in [0.15, 0.2) is 4.96 Å². The lowest BCUT2D eigenvalue weighted by molar-refractivity contribution is -0.113. The summed E-state index contributed by atoms with van der Waals surface area (Å²) in [4.78, 5) is 41.0. The second-order valence-electron chi connectivity index (χ2n) is 5.31. The molecule has 0 radical (unpaired) electrons. The van der Waals surface area contributed by atoms with E-state index in [-0.39, 0.29) is 23.1 Å². The van der Waals surface area contributed by atoms with E-state index in [4.69, 9.17) is 0 Å². The van der Waals surface area contributed by atoms with Crippen LogP contribution in [0.15, 0.2) is 46.7 Å². The average molecular weight is 388 g/mol. The van der Waals surface area contributed by atoms with E-state index >= 15 is 0 Å². The topological polar surface area (TPSA) is 92.6 Å². The maximum Gasteiger partial charge on any atom is 0.258 e. The van der Waals surface area contributed by atoms with Crippen molar-refractivity contribution in [2.75, 3.05) is 18.1 Å². The Balaban J connectivity index is 1.59. The Labute approximate surface area is 157 Å². The molecule has 0 atom stereocenters. The predicted octanol–water partition coefficient (Wildman–Crippen LogP) is 1.99. The highest BCUT2D eigenvalue weighted by Gasteiger charge is 2.12. The summed E-state index contributed by atoms with van der Waals surface area (Å²) in [5.74, 6) is 0.157. The van der Waals surface area contributed by atoms with Crippen LogP contribution in [0.1, 0.15) is 16.1 Å². The summed E-state index contributed by atoms with van der Waals surface area (Å²) < 4.78 is 1.49. The molecule has 0 bridgehead atoms. The number of thioether (sulfide) groups is 1. The number of carbonyl (C=O) groups excluding carboxylic acids is 2. The number of amides is 2. The summed E-state index contributed by atoms with van der Waals surface area (Å²) in [6.45, 7) is 0. The minimum absolute atomic E-state index is 0.129. The van der Waals surface area contributed by atoms with Crippen molar-refractivity contribution in [1.82, 2.24) is 14.7 Å². The Hall–Kier alpha value is -2.65. The van der Waals surface area contributed by atoms with E-state index in [2.05, 4.69) is 15.6 Å². The number of hydrogen-bond acceptors (Lipinski definition) is 6. The van der Waals surface area contributed by atoms with Gasteiger partial charge in [-0.3, -0.25) is 18.8 Å². The van der Waals surface area contributed by atoms with Crippen LogP contribution in [0.5, 0.6) is 0 Å². The normalized spacial score (nSPS) is 10.7. The highest BCUT2D eigenvalue weighted by molar-refractivity contribution is 7.99. The SMILES string of the molecule is CNC(=O)c1ccccc1NC(=O)CSCc1cc(=O)n2ccsc2n1. The van der Waals surface area contributed by atoms with Crippen LogP contribution in [0, 0.1) is 0 Å². The Kier molecular flexibility index (Phi) is 5.69. The minimum atomic E-state index is -0.262. The number of hydrogen-bond donors (Lipinski definition) is 2. The van der Waals surface area contributed by atoms with Gasteiger partial charge in [0.25, 0.3) is 11.5 Å². The Morgan fingerprint density at radius 3 is 2.92 bits per heavy atom. The van der Waals surface area contributed by atoms with Crippen molar-refractivity contribution < 1.29 is 9.59 Å². The number of anilines is 1. The van der Waals surface area contributed by atoms with Gasteiger partial charge >= 0.3 is 0 Å². The molecule has 0 fully saturated rings. The molecule has 0 aliphatic rings. The van der Waals surface area contributed by atoms with Crippen LogP contribution in [-0.2, 0) is 10.5 Å². The number of carbonyl (C=O) groups is 2. The standard InChI is InChI=1S/C17H16N4O3S2/c1-18-16(24)12-4-2-3-5-13(12)20-14(22)10-25-9-11-8-15(23)21-6-7-26-17(21)19-11/h2-8H,9-10H2,1H3,(H,18,24)(H,20,22). The molecule has 3 rings (SSSR count). The smallest absolute Gasteiger partial charge is 0.258 e. The Morgan fingerprint density at radius 1 is 1.31 bits per heavy atom. The van der Waals surface area contributed by atoms with Crippen LogP contribution in [0.2, 0.25) is 0 Å². The number of thiazole rings is 1. The van der Waals surface area contributed by atoms with E-state index in [0.717, 1.165) is 0 Å². The second-order valence-corrected chi connectivity index (χ2v) is 7.17. The van der Waals surface area contributed by atoms with Gasteiger partial charge in [0.05, 0.1) is 22.7 Å². The third-order valence-corrected chi connectivity index (χ3v) is 5.23. The molecule has 0 aliphatic carbocycles. The summed E-state index contributed by atoms with van der Waals surface area (Å²) in [5.41, 5.74) is 1.39. The van der Waals surface area contributed by atoms with Crippen molar-refractivity contribution in [2.24, 2.45) is 0 Å². The fraction of sp³-hybridized carbons (Fsp3) is 0.176. The van der Waals surface area contributed by atoms with Crippen molar-refractivity contribution in [1.29, 1.82) is 0 Å². The fourth-order valence-electron chi connectivity index (χ4n) is 2.32. The van der Waals surface area contributed by atoms with Crippen molar-refractivity contribution in [2.45, 2.75) is 5.75 Å². The lowest BCUT2D eigenvalue weighted by Crippen LogP contribution is -2.22. The Bertz CT molecular complexity index is 1010. The van der Waals surface area contributed by atoms with Gasteiger partial charge in [0.2, 0.25) is 5.91 Å². The van der Waals surface area contributed by atoms with Gasteiger partial charge in [-0.15, -0.1) is 23.1 Å². The third-order valence-electron chi connectivity index (χ3n) is 3.51. The molecule has 2 amide bonds. The molecule has 0 aliphatic heterocycles. The van der Waals surface area contributed by atoms with Crippen LogP contribution in [0.3, 0.4) is 0 Å². The van der Waals surface area contributed by atoms with E-state index < -0.39 is 0 Å². The van der Waals surface area contributed by atoms with Crippen LogP contribution < -0.4 is 16.2 Å². The van der Waals surface area contributed by atoms with Crippen molar-refractivity contribution in [3.05, 3.63) is 63.5 Å². The number of benzene rings is 1. The van der Waals surface area contributed by atoms with Crippen molar-refractivity contribution in [3.63, 3.8) is 0 Å². The van der Waals surface area contributed by atoms with Gasteiger partial charge < -0.3 is 10.6 Å². The molecule has 9 heteroatoms. The summed E-state index contributed by atoms with van der Waals surface area (Å²) in [5, 5.41) is 7.09. The predicted molar refractivity (Wildman–Crippen MR) is 104 cm³/mol. The molecule has 3 aromatic rings. The molecule has 0 saturated carbocycles. The van der Waals surface area contributed by atoms with E-state index in [1.807, 2.05) is 0 Å². The number of aromatic nitrogens is 2. The lowest BCUT2D eigenvalue weighted by atomic mass is 10.1. The molecule has 0 saturated heterocycles. The molecule has 26 heavy (non-hydrogen) atoms. The van der Waals surface area contributed by atoms with Crippen LogP contribution in [-0.4, -0.2) is 34.0 Å². The number of fused-ring (bicyclic) bond motifs is 1. The average Bonchev–Trinajstić information content (AvgIpc) is 3.11. The van der Waals surface area contributed by atoms with Gasteiger partial charge in [-0.05, 0) is 12.1 Å². The molecule has 2 N–H and O–H groups in total. The number of nitrogens with zero attached hydrogens (tertiary/aromatic N) is 2. The maximum atomic E-state index is 12.2. The first-order valence-corrected chi connectivity index (χ1v) is 9.76.